The number of carbonyl (C=O) groups is 6. The number of allylic oxidation sites excluding steroid dienone is 2. The van der Waals surface area contributed by atoms with Crippen molar-refractivity contribution in [2.75, 3.05) is 6.54 Å². The summed E-state index contributed by atoms with van der Waals surface area (Å²) in [5.74, 6) is -3.40. The van der Waals surface area contributed by atoms with Crippen LogP contribution < -0.4 is 21.3 Å². The molecule has 1 aromatic heterocycles. The van der Waals surface area contributed by atoms with Gasteiger partial charge in [-0.25, -0.2) is 4.98 Å². The van der Waals surface area contributed by atoms with Crippen LogP contribution in [0.2, 0.25) is 0 Å². The second kappa shape index (κ2) is 17.9. The topological polar surface area (TPSA) is 180 Å². The fourth-order valence-corrected chi connectivity index (χ4v) is 7.22. The van der Waals surface area contributed by atoms with Crippen molar-refractivity contribution in [3.8, 4) is 0 Å². The molecule has 4 aliphatic rings. The van der Waals surface area contributed by atoms with Gasteiger partial charge in [0, 0.05) is 18.9 Å². The second-order valence-corrected chi connectivity index (χ2v) is 15.7. The maximum Gasteiger partial charge on any atom is 0.290 e. The van der Waals surface area contributed by atoms with E-state index < -0.39 is 64.9 Å². The average molecular weight is 720 g/mol. The Hall–Kier alpha value is -4.42. The molecule has 13 heteroatoms. The molecule has 5 rings (SSSR count). The lowest BCUT2D eigenvalue weighted by Crippen LogP contribution is -2.61. The number of Topliss-reactive ketones (excluding diaryl/α,β-unsaturated/α-hetero) is 1. The van der Waals surface area contributed by atoms with Crippen molar-refractivity contribution in [1.82, 2.24) is 36.1 Å². The zero-order valence-corrected chi connectivity index (χ0v) is 31.7. The minimum atomic E-state index is -1.05. The zero-order chi connectivity index (χ0) is 38.2. The molecule has 284 valence electrons. The molecular formula is C39H57N7O6. The van der Waals surface area contributed by atoms with Crippen LogP contribution in [-0.2, 0) is 24.0 Å². The number of rotatable bonds is 9. The Kier molecular flexibility index (Phi) is 13.9. The van der Waals surface area contributed by atoms with Crippen molar-refractivity contribution < 1.29 is 28.8 Å². The molecule has 4 heterocycles. The lowest BCUT2D eigenvalue weighted by Gasteiger charge is -2.37. The highest BCUT2D eigenvalue weighted by Gasteiger charge is 2.46. The van der Waals surface area contributed by atoms with Gasteiger partial charge in [0.2, 0.25) is 23.5 Å². The molecule has 3 aliphatic heterocycles. The van der Waals surface area contributed by atoms with Crippen LogP contribution >= 0.6 is 0 Å². The molecule has 2 unspecified atom stereocenters. The quantitative estimate of drug-likeness (QED) is 0.281. The van der Waals surface area contributed by atoms with E-state index in [2.05, 4.69) is 43.4 Å². The smallest absolute Gasteiger partial charge is 0.290 e. The Morgan fingerprint density at radius 2 is 1.81 bits per heavy atom. The van der Waals surface area contributed by atoms with Gasteiger partial charge in [-0.1, -0.05) is 79.0 Å². The molecule has 0 saturated carbocycles. The highest BCUT2D eigenvalue weighted by atomic mass is 16.2. The van der Waals surface area contributed by atoms with Crippen LogP contribution in [0.1, 0.15) is 110 Å². The molecule has 1 aliphatic carbocycles. The van der Waals surface area contributed by atoms with Crippen molar-refractivity contribution >= 4 is 35.3 Å². The summed E-state index contributed by atoms with van der Waals surface area (Å²) in [6.45, 7) is 13.3. The van der Waals surface area contributed by atoms with Gasteiger partial charge in [-0.05, 0) is 67.8 Å². The third-order valence-electron chi connectivity index (χ3n) is 10.6. The number of ketones is 1. The first kappa shape index (κ1) is 40.4. The van der Waals surface area contributed by atoms with E-state index in [0.29, 0.717) is 31.7 Å². The first-order chi connectivity index (χ1) is 24.6. The lowest BCUT2D eigenvalue weighted by molar-refractivity contribution is -0.145. The molecule has 4 N–H and O–H groups in total. The standard InChI is InChI=1S/C39H57N7O6/c1-8-11-28-32(47)37(51)42-24(4)27-16-14-25(15-17-27)12-10-13-26-20-30(35(49)43-28)46(22-26)38(52)33(39(5,6)7)45-36(50)31(23(3)9-2)44-34(48)29-21-40-18-19-41-29/h14,16-19,21,23-26,28,30-31,33H,8-13,15,20,22H2,1-7H3,(H,42,51)(H,43,49)(H,44,48)(H,45,50)/t23?,24-,25?,26+,28-,30-,31-,33+/m0/s1. The number of fused-ring (bicyclic) bond motifs is 9. The van der Waals surface area contributed by atoms with E-state index in [9.17, 15) is 28.8 Å². The van der Waals surface area contributed by atoms with Gasteiger partial charge in [-0.3, -0.25) is 33.8 Å². The summed E-state index contributed by atoms with van der Waals surface area (Å²) in [6.07, 6.45) is 15.7. The van der Waals surface area contributed by atoms with Gasteiger partial charge in [0.15, 0.2) is 0 Å². The summed E-state index contributed by atoms with van der Waals surface area (Å²) in [5.41, 5.74) is 0.243. The highest BCUT2D eigenvalue weighted by Crippen LogP contribution is 2.33. The largest absolute Gasteiger partial charge is 0.344 e. The number of hydrogen-bond donors (Lipinski definition) is 4. The number of carbonyl (C=O) groups excluding carboxylic acids is 6. The van der Waals surface area contributed by atoms with Crippen molar-refractivity contribution in [3.63, 3.8) is 0 Å². The molecule has 52 heavy (non-hydrogen) atoms. The van der Waals surface area contributed by atoms with E-state index in [1.54, 1.807) is 4.90 Å². The van der Waals surface area contributed by atoms with Crippen molar-refractivity contribution in [2.45, 2.75) is 130 Å². The monoisotopic (exact) mass is 719 g/mol. The Morgan fingerprint density at radius 1 is 1.06 bits per heavy atom. The predicted octanol–water partition coefficient (Wildman–Crippen LogP) is 3.41. The van der Waals surface area contributed by atoms with Crippen LogP contribution in [0.25, 0.3) is 0 Å². The normalized spacial score (nSPS) is 26.0. The summed E-state index contributed by atoms with van der Waals surface area (Å²) < 4.78 is 0. The summed E-state index contributed by atoms with van der Waals surface area (Å²) >= 11 is 0. The Balaban J connectivity index is 1.61. The molecule has 8 atom stereocenters. The third-order valence-corrected chi connectivity index (χ3v) is 10.6. The molecule has 0 spiro atoms. The molecular weight excluding hydrogens is 662 g/mol. The lowest BCUT2D eigenvalue weighted by atomic mass is 9.85. The van der Waals surface area contributed by atoms with Gasteiger partial charge in [0.1, 0.15) is 23.8 Å². The van der Waals surface area contributed by atoms with E-state index >= 15 is 0 Å². The number of aromatic nitrogens is 2. The van der Waals surface area contributed by atoms with Crippen LogP contribution in [0, 0.1) is 23.2 Å². The third kappa shape index (κ3) is 10.1. The molecule has 0 radical (unpaired) electrons. The van der Waals surface area contributed by atoms with E-state index in [-0.39, 0.29) is 30.0 Å². The van der Waals surface area contributed by atoms with E-state index in [1.807, 2.05) is 54.5 Å². The van der Waals surface area contributed by atoms with Crippen molar-refractivity contribution in [3.05, 3.63) is 48.1 Å². The van der Waals surface area contributed by atoms with Gasteiger partial charge < -0.3 is 26.2 Å². The Labute approximate surface area is 307 Å². The minimum Gasteiger partial charge on any atom is -0.344 e. The molecule has 0 aromatic carbocycles. The molecule has 13 nitrogen and oxygen atoms in total. The summed E-state index contributed by atoms with van der Waals surface area (Å²) in [5, 5.41) is 11.4. The maximum atomic E-state index is 14.6. The molecule has 5 amide bonds. The van der Waals surface area contributed by atoms with Gasteiger partial charge >= 0.3 is 0 Å². The average Bonchev–Trinajstić information content (AvgIpc) is 3.55. The van der Waals surface area contributed by atoms with Gasteiger partial charge in [-0.2, -0.15) is 0 Å². The summed E-state index contributed by atoms with van der Waals surface area (Å²) in [7, 11) is 0. The molecule has 1 aromatic rings. The first-order valence-corrected chi connectivity index (χ1v) is 18.9. The van der Waals surface area contributed by atoms with Crippen LogP contribution in [0.4, 0.5) is 0 Å². The van der Waals surface area contributed by atoms with Gasteiger partial charge in [-0.15, -0.1) is 0 Å². The number of nitrogens with one attached hydrogen (secondary N) is 4. The number of hydrogen-bond acceptors (Lipinski definition) is 8. The van der Waals surface area contributed by atoms with Crippen LogP contribution in [0.5, 0.6) is 0 Å². The maximum absolute atomic E-state index is 14.6. The van der Waals surface area contributed by atoms with Crippen LogP contribution in [0.3, 0.4) is 0 Å². The van der Waals surface area contributed by atoms with E-state index in [0.717, 1.165) is 31.3 Å². The highest BCUT2D eigenvalue weighted by molar-refractivity contribution is 6.38. The SMILES string of the molecule is CCC[C@@H]1NC(=O)[C@@H]2C[C@@H](CCCC3C=CC(=CC3)[C@H](C)NC(=O)C1=O)CN2C(=O)[C@@H](NC(=O)[C@@H](NC(=O)c1cnccn1)C(C)CC)C(C)(C)C. The Bertz CT molecular complexity index is 1540. The van der Waals surface area contributed by atoms with Crippen molar-refractivity contribution in [2.24, 2.45) is 23.2 Å². The van der Waals surface area contributed by atoms with Crippen LogP contribution in [0.15, 0.2) is 42.4 Å². The second-order valence-electron chi connectivity index (χ2n) is 15.7. The number of nitrogens with zero attached hydrogens (tertiary/aromatic N) is 3. The van der Waals surface area contributed by atoms with Gasteiger partial charge in [0.25, 0.3) is 11.8 Å². The summed E-state index contributed by atoms with van der Waals surface area (Å²) in [6, 6.07) is -4.32. The Morgan fingerprint density at radius 3 is 2.42 bits per heavy atom. The van der Waals surface area contributed by atoms with Gasteiger partial charge in [0.05, 0.1) is 18.3 Å². The fourth-order valence-electron chi connectivity index (χ4n) is 7.22. The first-order valence-electron chi connectivity index (χ1n) is 18.9. The van der Waals surface area contributed by atoms with E-state index in [1.165, 1.54) is 18.6 Å². The predicted molar refractivity (Wildman–Crippen MR) is 196 cm³/mol. The fraction of sp³-hybridized carbons (Fsp3) is 0.641. The minimum absolute atomic E-state index is 0.0214. The van der Waals surface area contributed by atoms with Crippen LogP contribution in [-0.4, -0.2) is 86.9 Å². The van der Waals surface area contributed by atoms with Crippen molar-refractivity contribution in [1.29, 1.82) is 0 Å². The number of likely N-dealkylation sites (tertiary alicyclic amines) is 1. The number of amides is 5. The zero-order valence-electron chi connectivity index (χ0n) is 31.7. The molecule has 1 fully saturated rings. The molecule has 4 bridgehead atoms. The summed E-state index contributed by atoms with van der Waals surface area (Å²) in [4.78, 5) is 91.9. The van der Waals surface area contributed by atoms with E-state index in [4.69, 9.17) is 0 Å². The molecule has 1 saturated heterocycles.